The quantitative estimate of drug-likeness (QED) is 0.199. The molecule has 4 rings (SSSR count). The zero-order valence-corrected chi connectivity index (χ0v) is 21.3. The van der Waals surface area contributed by atoms with Crippen molar-refractivity contribution in [3.05, 3.63) is 71.3 Å². The molecule has 0 radical (unpaired) electrons. The van der Waals surface area contributed by atoms with Gasteiger partial charge in [0.1, 0.15) is 17.5 Å². The van der Waals surface area contributed by atoms with Gasteiger partial charge in [0.25, 0.3) is 0 Å². The highest BCUT2D eigenvalue weighted by molar-refractivity contribution is 6.10. The molecule has 7 nitrogen and oxygen atoms in total. The Morgan fingerprint density at radius 1 is 1.20 bits per heavy atom. The van der Waals surface area contributed by atoms with Gasteiger partial charge in [-0.3, -0.25) is 9.78 Å². The molecule has 1 saturated heterocycles. The number of rotatable bonds is 9. The summed E-state index contributed by atoms with van der Waals surface area (Å²) in [5, 5.41) is 6.42. The highest BCUT2D eigenvalue weighted by Gasteiger charge is 2.23. The van der Waals surface area contributed by atoms with Crippen LogP contribution in [0.4, 0.5) is 0 Å². The maximum Gasteiger partial charge on any atom is 0.162 e. The van der Waals surface area contributed by atoms with Crippen molar-refractivity contribution in [2.45, 2.75) is 45.6 Å². The van der Waals surface area contributed by atoms with Gasteiger partial charge in [-0.1, -0.05) is 37.3 Å². The average molecular weight is 473 g/mol. The number of pyridine rings is 1. The second-order valence-electron chi connectivity index (χ2n) is 9.56. The Morgan fingerprint density at radius 2 is 1.94 bits per heavy atom. The van der Waals surface area contributed by atoms with Gasteiger partial charge in [-0.2, -0.15) is 5.10 Å². The number of allylic oxidation sites excluding steroid dienone is 2. The van der Waals surface area contributed by atoms with Crippen LogP contribution >= 0.6 is 0 Å². The van der Waals surface area contributed by atoms with E-state index in [4.69, 9.17) is 9.97 Å². The predicted molar refractivity (Wildman–Crippen MR) is 142 cm³/mol. The van der Waals surface area contributed by atoms with Crippen LogP contribution in [0.5, 0.6) is 0 Å². The lowest BCUT2D eigenvalue weighted by Gasteiger charge is -2.31. The first-order chi connectivity index (χ1) is 17.0. The molecule has 35 heavy (non-hydrogen) atoms. The lowest BCUT2D eigenvalue weighted by molar-refractivity contribution is -0.104. The molecule has 1 aliphatic rings. The first-order valence-corrected chi connectivity index (χ1v) is 12.5. The number of hydrogen-bond donors (Lipinski definition) is 0. The Kier molecular flexibility index (Phi) is 8.08. The van der Waals surface area contributed by atoms with Crippen molar-refractivity contribution in [3.8, 4) is 0 Å². The van der Waals surface area contributed by atoms with Crippen molar-refractivity contribution in [1.82, 2.24) is 24.4 Å². The van der Waals surface area contributed by atoms with Crippen LogP contribution in [-0.4, -0.2) is 70.2 Å². The smallest absolute Gasteiger partial charge is 0.162 e. The minimum atomic E-state index is 0.461. The molecule has 0 N–H and O–H groups in total. The number of carbonyl (C=O) groups is 1. The molecule has 7 heteroatoms. The van der Waals surface area contributed by atoms with Crippen LogP contribution in [0, 0.1) is 0 Å². The molecule has 1 aliphatic heterocycles. The van der Waals surface area contributed by atoms with Gasteiger partial charge in [0.05, 0.1) is 11.7 Å². The Bertz CT molecular complexity index is 1200. The highest BCUT2D eigenvalue weighted by atomic mass is 16.1. The molecule has 1 fully saturated rings. The number of piperidine rings is 1. The first-order valence-electron chi connectivity index (χ1n) is 12.5. The SMILES string of the molecule is CCCN1CCC(c2cc3c(cn2)nc(C(/C=C(/C)C=O)=NN(C)C)n3Cc2ccccc2)CC1. The fraction of sp³-hybridized carbons (Fsp3) is 0.429. The summed E-state index contributed by atoms with van der Waals surface area (Å²) in [7, 11) is 3.75. The van der Waals surface area contributed by atoms with Crippen molar-refractivity contribution in [1.29, 1.82) is 0 Å². The molecule has 2 aromatic heterocycles. The van der Waals surface area contributed by atoms with Gasteiger partial charge < -0.3 is 14.5 Å². The second kappa shape index (κ2) is 11.4. The van der Waals surface area contributed by atoms with Crippen molar-refractivity contribution >= 4 is 23.0 Å². The van der Waals surface area contributed by atoms with E-state index in [1.807, 2.05) is 26.4 Å². The summed E-state index contributed by atoms with van der Waals surface area (Å²) < 4.78 is 2.21. The first kappa shape index (κ1) is 24.8. The van der Waals surface area contributed by atoms with Crippen molar-refractivity contribution in [3.63, 3.8) is 0 Å². The summed E-state index contributed by atoms with van der Waals surface area (Å²) in [5.41, 5.74) is 5.46. The predicted octanol–water partition coefficient (Wildman–Crippen LogP) is 4.48. The van der Waals surface area contributed by atoms with Gasteiger partial charge in [0.2, 0.25) is 0 Å². The summed E-state index contributed by atoms with van der Waals surface area (Å²) in [6.07, 6.45) is 8.01. The lowest BCUT2D eigenvalue weighted by atomic mass is 9.93. The van der Waals surface area contributed by atoms with Crippen LogP contribution in [0.15, 0.2) is 59.3 Å². The summed E-state index contributed by atoms with van der Waals surface area (Å²) in [6, 6.07) is 12.6. The molecule has 0 saturated carbocycles. The van der Waals surface area contributed by atoms with Crippen LogP contribution in [-0.2, 0) is 11.3 Å². The van der Waals surface area contributed by atoms with Crippen LogP contribution in [0.1, 0.15) is 56.1 Å². The van der Waals surface area contributed by atoms with Gasteiger partial charge in [0, 0.05) is 32.3 Å². The number of likely N-dealkylation sites (tertiary alicyclic amines) is 1. The number of carbonyl (C=O) groups excluding carboxylic acids is 1. The fourth-order valence-electron chi connectivity index (χ4n) is 4.76. The van der Waals surface area contributed by atoms with Gasteiger partial charge in [-0.25, -0.2) is 4.98 Å². The molecule has 0 bridgehead atoms. The van der Waals surface area contributed by atoms with E-state index in [0.29, 0.717) is 23.7 Å². The van der Waals surface area contributed by atoms with E-state index in [-0.39, 0.29) is 0 Å². The number of aldehydes is 1. The topological polar surface area (TPSA) is 66.6 Å². The molecule has 0 amide bonds. The molecule has 3 heterocycles. The van der Waals surface area contributed by atoms with Gasteiger partial charge in [0.15, 0.2) is 5.82 Å². The third-order valence-corrected chi connectivity index (χ3v) is 6.47. The Hall–Kier alpha value is -3.32. The number of aromatic nitrogens is 3. The summed E-state index contributed by atoms with van der Waals surface area (Å²) in [5.74, 6) is 1.19. The third kappa shape index (κ3) is 6.03. The molecule has 0 aliphatic carbocycles. The monoisotopic (exact) mass is 472 g/mol. The van der Waals surface area contributed by atoms with E-state index in [1.165, 1.54) is 18.5 Å². The van der Waals surface area contributed by atoms with Crippen LogP contribution in [0.25, 0.3) is 11.0 Å². The normalized spacial score (nSPS) is 16.1. The zero-order chi connectivity index (χ0) is 24.8. The van der Waals surface area contributed by atoms with E-state index >= 15 is 0 Å². The molecule has 3 aromatic rings. The fourth-order valence-corrected chi connectivity index (χ4v) is 4.76. The van der Waals surface area contributed by atoms with E-state index in [1.54, 1.807) is 18.0 Å². The molecular weight excluding hydrogens is 436 g/mol. The third-order valence-electron chi connectivity index (χ3n) is 6.47. The molecule has 0 unspecified atom stereocenters. The summed E-state index contributed by atoms with van der Waals surface area (Å²) in [6.45, 7) is 8.11. The van der Waals surface area contributed by atoms with Gasteiger partial charge in [-0.05, 0) is 69.1 Å². The molecule has 0 spiro atoms. The highest BCUT2D eigenvalue weighted by Crippen LogP contribution is 2.29. The minimum Gasteiger partial charge on any atom is -0.318 e. The van der Waals surface area contributed by atoms with Crippen molar-refractivity contribution < 1.29 is 4.79 Å². The number of imidazole rings is 1. The summed E-state index contributed by atoms with van der Waals surface area (Å²) in [4.78, 5) is 23.8. The largest absolute Gasteiger partial charge is 0.318 e. The van der Waals surface area contributed by atoms with Crippen molar-refractivity contribution in [2.24, 2.45) is 5.10 Å². The van der Waals surface area contributed by atoms with Gasteiger partial charge >= 0.3 is 0 Å². The average Bonchev–Trinajstić information content (AvgIpc) is 3.22. The van der Waals surface area contributed by atoms with E-state index in [2.05, 4.69) is 51.8 Å². The lowest BCUT2D eigenvalue weighted by Crippen LogP contribution is -2.33. The Labute approximate surface area is 208 Å². The Morgan fingerprint density at radius 3 is 2.60 bits per heavy atom. The Balaban J connectivity index is 1.79. The van der Waals surface area contributed by atoms with Crippen LogP contribution in [0.3, 0.4) is 0 Å². The van der Waals surface area contributed by atoms with Crippen LogP contribution in [0.2, 0.25) is 0 Å². The number of hydrazone groups is 1. The van der Waals surface area contributed by atoms with Gasteiger partial charge in [-0.15, -0.1) is 0 Å². The van der Waals surface area contributed by atoms with E-state index in [0.717, 1.165) is 54.8 Å². The number of nitrogens with zero attached hydrogens (tertiary/aromatic N) is 6. The maximum absolute atomic E-state index is 11.4. The standard InChI is InChI=1S/C28H36N6O/c1-5-13-33-14-11-23(12-15-33)24-17-27-26(18-29-24)30-28(25(31-32(3)4)16-21(2)20-35)34(27)19-22-9-7-6-8-10-22/h6-10,16-18,20,23H,5,11-15,19H2,1-4H3/b21-16-,31-25?. The number of hydrogen-bond acceptors (Lipinski definition) is 6. The number of fused-ring (bicyclic) bond motifs is 1. The second-order valence-corrected chi connectivity index (χ2v) is 9.56. The summed E-state index contributed by atoms with van der Waals surface area (Å²) >= 11 is 0. The van der Waals surface area contributed by atoms with Crippen LogP contribution < -0.4 is 0 Å². The minimum absolute atomic E-state index is 0.461. The number of benzene rings is 1. The zero-order valence-electron chi connectivity index (χ0n) is 21.3. The van der Waals surface area contributed by atoms with E-state index < -0.39 is 0 Å². The van der Waals surface area contributed by atoms with Crippen molar-refractivity contribution in [2.75, 3.05) is 33.7 Å². The molecule has 0 atom stereocenters. The van der Waals surface area contributed by atoms with E-state index in [9.17, 15) is 4.79 Å². The maximum atomic E-state index is 11.4. The molecule has 1 aromatic carbocycles. The molecule has 184 valence electrons. The molecular formula is C28H36N6O.